The third-order valence-electron chi connectivity index (χ3n) is 3.80. The molecule has 2 atom stereocenters. The van der Waals surface area contributed by atoms with Crippen molar-refractivity contribution in [3.05, 3.63) is 35.9 Å². The van der Waals surface area contributed by atoms with Crippen LogP contribution in [0, 0.1) is 5.92 Å². The number of benzene rings is 1. The van der Waals surface area contributed by atoms with E-state index < -0.39 is 6.04 Å². The summed E-state index contributed by atoms with van der Waals surface area (Å²) in [6.07, 6.45) is 3.61. The van der Waals surface area contributed by atoms with Gasteiger partial charge in [-0.15, -0.1) is 0 Å². The number of carbonyl (C=O) groups is 1. The van der Waals surface area contributed by atoms with E-state index in [9.17, 15) is 4.79 Å². The summed E-state index contributed by atoms with van der Waals surface area (Å²) in [6, 6.07) is 9.70. The maximum absolute atomic E-state index is 11.9. The fourth-order valence-corrected chi connectivity index (χ4v) is 2.44. The van der Waals surface area contributed by atoms with E-state index in [2.05, 4.69) is 17.4 Å². The van der Waals surface area contributed by atoms with Gasteiger partial charge in [0.25, 0.3) is 0 Å². The first-order valence-electron chi connectivity index (χ1n) is 7.40. The van der Waals surface area contributed by atoms with E-state index in [1.54, 1.807) is 0 Å². The molecule has 0 aromatic heterocycles. The van der Waals surface area contributed by atoms with Gasteiger partial charge in [0.2, 0.25) is 5.91 Å². The molecular formula is C16H24N2O2. The summed E-state index contributed by atoms with van der Waals surface area (Å²) in [5.74, 6) is 0.552. The van der Waals surface area contributed by atoms with Crippen LogP contribution in [0.15, 0.2) is 30.3 Å². The number of aryl methyl sites for hydroxylation is 1. The largest absolute Gasteiger partial charge is 0.381 e. The highest BCUT2D eigenvalue weighted by Gasteiger charge is 2.17. The zero-order valence-corrected chi connectivity index (χ0v) is 11.9. The molecule has 1 saturated heterocycles. The molecule has 1 amide bonds. The molecule has 0 spiro atoms. The fraction of sp³-hybridized carbons (Fsp3) is 0.562. The van der Waals surface area contributed by atoms with Gasteiger partial charge in [-0.25, -0.2) is 0 Å². The molecule has 4 nitrogen and oxygen atoms in total. The Hall–Kier alpha value is -1.39. The second kappa shape index (κ2) is 8.02. The summed E-state index contributed by atoms with van der Waals surface area (Å²) in [5, 5.41) is 2.93. The van der Waals surface area contributed by atoms with Crippen molar-refractivity contribution >= 4 is 5.91 Å². The second-order valence-electron chi connectivity index (χ2n) is 5.44. The fourth-order valence-electron chi connectivity index (χ4n) is 2.44. The zero-order valence-electron chi connectivity index (χ0n) is 11.9. The predicted molar refractivity (Wildman–Crippen MR) is 79.3 cm³/mol. The molecule has 1 fully saturated rings. The summed E-state index contributed by atoms with van der Waals surface area (Å²) in [4.78, 5) is 11.9. The number of carbonyl (C=O) groups excluding carboxylic acids is 1. The zero-order chi connectivity index (χ0) is 14.2. The van der Waals surface area contributed by atoms with Crippen molar-refractivity contribution in [2.24, 2.45) is 11.7 Å². The molecule has 0 saturated carbocycles. The van der Waals surface area contributed by atoms with Crippen LogP contribution in [0.4, 0.5) is 0 Å². The molecule has 3 N–H and O–H groups in total. The Morgan fingerprint density at radius 3 is 2.90 bits per heavy atom. The summed E-state index contributed by atoms with van der Waals surface area (Å²) in [7, 11) is 0. The van der Waals surface area contributed by atoms with Gasteiger partial charge in [-0.2, -0.15) is 0 Å². The number of rotatable bonds is 7. The van der Waals surface area contributed by atoms with Crippen molar-refractivity contribution in [2.75, 3.05) is 19.8 Å². The van der Waals surface area contributed by atoms with Crippen LogP contribution >= 0.6 is 0 Å². The van der Waals surface area contributed by atoms with Crippen LogP contribution in [-0.2, 0) is 16.0 Å². The molecule has 110 valence electrons. The highest BCUT2D eigenvalue weighted by molar-refractivity contribution is 5.81. The van der Waals surface area contributed by atoms with Crippen molar-refractivity contribution in [3.63, 3.8) is 0 Å². The molecule has 1 aromatic carbocycles. The third-order valence-corrected chi connectivity index (χ3v) is 3.80. The van der Waals surface area contributed by atoms with Crippen LogP contribution in [0.3, 0.4) is 0 Å². The lowest BCUT2D eigenvalue weighted by molar-refractivity contribution is -0.122. The predicted octanol–water partition coefficient (Wildman–Crippen LogP) is 1.49. The molecule has 0 bridgehead atoms. The smallest absolute Gasteiger partial charge is 0.236 e. The first-order valence-corrected chi connectivity index (χ1v) is 7.40. The Morgan fingerprint density at radius 2 is 2.20 bits per heavy atom. The van der Waals surface area contributed by atoms with E-state index in [0.29, 0.717) is 18.9 Å². The summed E-state index contributed by atoms with van der Waals surface area (Å²) >= 11 is 0. The first-order chi connectivity index (χ1) is 9.75. The lowest BCUT2D eigenvalue weighted by atomic mass is 10.0. The minimum absolute atomic E-state index is 0.0418. The maximum atomic E-state index is 11.9. The molecule has 2 unspecified atom stereocenters. The van der Waals surface area contributed by atoms with Crippen LogP contribution in [-0.4, -0.2) is 31.7 Å². The Balaban J connectivity index is 1.61. The molecule has 1 aliphatic heterocycles. The van der Waals surface area contributed by atoms with Gasteiger partial charge in [0.1, 0.15) is 0 Å². The first kappa shape index (κ1) is 15.0. The lowest BCUT2D eigenvalue weighted by Gasteiger charge is -2.13. The van der Waals surface area contributed by atoms with Crippen molar-refractivity contribution < 1.29 is 9.53 Å². The van der Waals surface area contributed by atoms with E-state index in [0.717, 1.165) is 32.5 Å². The molecule has 0 aliphatic carbocycles. The van der Waals surface area contributed by atoms with E-state index in [1.165, 1.54) is 5.56 Å². The average molecular weight is 276 g/mol. The van der Waals surface area contributed by atoms with Crippen LogP contribution in [0.1, 0.15) is 24.8 Å². The minimum Gasteiger partial charge on any atom is -0.381 e. The summed E-state index contributed by atoms with van der Waals surface area (Å²) in [6.45, 7) is 2.39. The number of nitrogens with two attached hydrogens (primary N) is 1. The van der Waals surface area contributed by atoms with Crippen LogP contribution in [0.25, 0.3) is 0 Å². The van der Waals surface area contributed by atoms with Crippen molar-refractivity contribution in [3.8, 4) is 0 Å². The minimum atomic E-state index is -0.421. The van der Waals surface area contributed by atoms with E-state index in [4.69, 9.17) is 10.5 Å². The normalized spacial score (nSPS) is 19.8. The van der Waals surface area contributed by atoms with Crippen molar-refractivity contribution in [2.45, 2.75) is 31.7 Å². The summed E-state index contributed by atoms with van der Waals surface area (Å²) < 4.78 is 5.31. The second-order valence-corrected chi connectivity index (χ2v) is 5.44. The highest BCUT2D eigenvalue weighted by atomic mass is 16.5. The average Bonchev–Trinajstić information content (AvgIpc) is 2.99. The number of hydrogen-bond donors (Lipinski definition) is 2. The topological polar surface area (TPSA) is 64.4 Å². The van der Waals surface area contributed by atoms with Crippen LogP contribution in [0.2, 0.25) is 0 Å². The molecule has 1 heterocycles. The molecule has 20 heavy (non-hydrogen) atoms. The Labute approximate surface area is 120 Å². The summed E-state index contributed by atoms with van der Waals surface area (Å²) in [5.41, 5.74) is 7.14. The van der Waals surface area contributed by atoms with E-state index in [-0.39, 0.29) is 5.91 Å². The Bertz CT molecular complexity index is 402. The van der Waals surface area contributed by atoms with Gasteiger partial charge in [0.15, 0.2) is 0 Å². The molecule has 2 rings (SSSR count). The number of amides is 1. The van der Waals surface area contributed by atoms with Gasteiger partial charge in [-0.05, 0) is 37.2 Å². The molecule has 1 aliphatic rings. The number of hydrogen-bond acceptors (Lipinski definition) is 3. The standard InChI is InChI=1S/C16H24N2O2/c17-15(7-6-13-4-2-1-3-5-13)16(19)18-10-8-14-9-11-20-12-14/h1-5,14-15H,6-12,17H2,(H,18,19). The van der Waals surface area contributed by atoms with E-state index in [1.807, 2.05) is 18.2 Å². The highest BCUT2D eigenvalue weighted by Crippen LogP contribution is 2.15. The lowest BCUT2D eigenvalue weighted by Crippen LogP contribution is -2.41. The molecular weight excluding hydrogens is 252 g/mol. The number of nitrogens with one attached hydrogen (secondary N) is 1. The molecule has 0 radical (unpaired) electrons. The molecule has 4 heteroatoms. The Morgan fingerprint density at radius 1 is 1.40 bits per heavy atom. The molecule has 1 aromatic rings. The quantitative estimate of drug-likeness (QED) is 0.793. The van der Waals surface area contributed by atoms with Gasteiger partial charge in [-0.1, -0.05) is 30.3 Å². The third kappa shape index (κ3) is 4.94. The van der Waals surface area contributed by atoms with E-state index >= 15 is 0 Å². The van der Waals surface area contributed by atoms with Crippen molar-refractivity contribution in [1.29, 1.82) is 0 Å². The van der Waals surface area contributed by atoms with Gasteiger partial charge < -0.3 is 15.8 Å². The van der Waals surface area contributed by atoms with Gasteiger partial charge in [0, 0.05) is 19.8 Å². The SMILES string of the molecule is NC(CCc1ccccc1)C(=O)NCCC1CCOC1. The van der Waals surface area contributed by atoms with Gasteiger partial charge >= 0.3 is 0 Å². The Kier molecular flexibility index (Phi) is 6.02. The maximum Gasteiger partial charge on any atom is 0.236 e. The van der Waals surface area contributed by atoms with Gasteiger partial charge in [-0.3, -0.25) is 4.79 Å². The number of ether oxygens (including phenoxy) is 1. The van der Waals surface area contributed by atoms with Crippen molar-refractivity contribution in [1.82, 2.24) is 5.32 Å². The van der Waals surface area contributed by atoms with Crippen LogP contribution in [0.5, 0.6) is 0 Å². The van der Waals surface area contributed by atoms with Crippen LogP contribution < -0.4 is 11.1 Å². The monoisotopic (exact) mass is 276 g/mol. The van der Waals surface area contributed by atoms with Gasteiger partial charge in [0.05, 0.1) is 6.04 Å².